The standard InChI is InChI=1S/C12H19N3O2S/c1-9(10-5-2-3-6-10)15-18(16,17)11-7-4-8-14-12(11)13/h4,7-10,15H,2-3,5-6H2,1H3,(H2,13,14). The van der Waals surface area contributed by atoms with Crippen molar-refractivity contribution in [1.29, 1.82) is 0 Å². The van der Waals surface area contributed by atoms with Gasteiger partial charge < -0.3 is 5.73 Å². The Balaban J connectivity index is 2.14. The highest BCUT2D eigenvalue weighted by Crippen LogP contribution is 2.28. The van der Waals surface area contributed by atoms with Gasteiger partial charge in [0, 0.05) is 12.2 Å². The van der Waals surface area contributed by atoms with Crippen molar-refractivity contribution in [2.24, 2.45) is 5.92 Å². The van der Waals surface area contributed by atoms with Crippen LogP contribution < -0.4 is 10.5 Å². The minimum absolute atomic E-state index is 0.0450. The third kappa shape index (κ3) is 2.81. The number of hydrogen-bond acceptors (Lipinski definition) is 4. The van der Waals surface area contributed by atoms with Crippen LogP contribution in [0.1, 0.15) is 32.6 Å². The molecule has 100 valence electrons. The van der Waals surface area contributed by atoms with Crippen molar-refractivity contribution < 1.29 is 8.42 Å². The number of pyridine rings is 1. The van der Waals surface area contributed by atoms with Crippen LogP contribution in [0.5, 0.6) is 0 Å². The van der Waals surface area contributed by atoms with Crippen molar-refractivity contribution >= 4 is 15.8 Å². The molecule has 1 saturated carbocycles. The molecule has 0 aromatic carbocycles. The molecular weight excluding hydrogens is 250 g/mol. The molecule has 0 aliphatic heterocycles. The van der Waals surface area contributed by atoms with Crippen LogP contribution >= 0.6 is 0 Å². The van der Waals surface area contributed by atoms with Crippen LogP contribution in [-0.2, 0) is 10.0 Å². The fraction of sp³-hybridized carbons (Fsp3) is 0.583. The maximum atomic E-state index is 12.2. The first-order chi connectivity index (χ1) is 8.50. The van der Waals surface area contributed by atoms with E-state index in [1.165, 1.54) is 25.1 Å². The number of nitrogen functional groups attached to an aromatic ring is 1. The maximum Gasteiger partial charge on any atom is 0.244 e. The molecule has 18 heavy (non-hydrogen) atoms. The predicted molar refractivity (Wildman–Crippen MR) is 70.4 cm³/mol. The first-order valence-corrected chi connectivity index (χ1v) is 7.72. The second kappa shape index (κ2) is 5.24. The van der Waals surface area contributed by atoms with Crippen molar-refractivity contribution in [3.05, 3.63) is 18.3 Å². The minimum atomic E-state index is -3.57. The van der Waals surface area contributed by atoms with Crippen molar-refractivity contribution in [2.75, 3.05) is 5.73 Å². The van der Waals surface area contributed by atoms with E-state index in [4.69, 9.17) is 5.73 Å². The Morgan fingerprint density at radius 1 is 1.44 bits per heavy atom. The highest BCUT2D eigenvalue weighted by molar-refractivity contribution is 7.89. The van der Waals surface area contributed by atoms with E-state index < -0.39 is 10.0 Å². The Bertz CT molecular complexity index is 510. The van der Waals surface area contributed by atoms with Gasteiger partial charge in [0.05, 0.1) is 0 Å². The summed E-state index contributed by atoms with van der Waals surface area (Å²) in [6.07, 6.45) is 6.03. The molecule has 3 N–H and O–H groups in total. The predicted octanol–water partition coefficient (Wildman–Crippen LogP) is 1.52. The van der Waals surface area contributed by atoms with Crippen LogP contribution in [0, 0.1) is 5.92 Å². The Kier molecular flexibility index (Phi) is 3.87. The van der Waals surface area contributed by atoms with Gasteiger partial charge >= 0.3 is 0 Å². The van der Waals surface area contributed by atoms with Gasteiger partial charge in [-0.05, 0) is 37.8 Å². The Morgan fingerprint density at radius 2 is 2.11 bits per heavy atom. The van der Waals surface area contributed by atoms with Gasteiger partial charge in [-0.15, -0.1) is 0 Å². The molecule has 0 amide bonds. The molecule has 1 aliphatic rings. The molecule has 0 bridgehead atoms. The summed E-state index contributed by atoms with van der Waals surface area (Å²) in [5, 5.41) is 0. The van der Waals surface area contributed by atoms with E-state index in [1.807, 2.05) is 6.92 Å². The van der Waals surface area contributed by atoms with Crippen molar-refractivity contribution in [1.82, 2.24) is 9.71 Å². The molecule has 1 unspecified atom stereocenters. The fourth-order valence-electron chi connectivity index (χ4n) is 2.49. The van der Waals surface area contributed by atoms with E-state index in [0.29, 0.717) is 5.92 Å². The van der Waals surface area contributed by atoms with Crippen molar-refractivity contribution in [3.8, 4) is 0 Å². The number of anilines is 1. The van der Waals surface area contributed by atoms with Crippen LogP contribution in [0.15, 0.2) is 23.2 Å². The average molecular weight is 269 g/mol. The third-order valence-electron chi connectivity index (χ3n) is 3.54. The molecule has 1 aromatic heterocycles. The molecule has 1 fully saturated rings. The van der Waals surface area contributed by atoms with E-state index >= 15 is 0 Å². The number of sulfonamides is 1. The van der Waals surface area contributed by atoms with E-state index in [0.717, 1.165) is 12.8 Å². The van der Waals surface area contributed by atoms with Crippen LogP contribution in [0.2, 0.25) is 0 Å². The second-order valence-corrected chi connectivity index (χ2v) is 6.52. The van der Waals surface area contributed by atoms with E-state index in [9.17, 15) is 8.42 Å². The topological polar surface area (TPSA) is 85.1 Å². The largest absolute Gasteiger partial charge is 0.383 e. The molecule has 5 nitrogen and oxygen atoms in total. The monoisotopic (exact) mass is 269 g/mol. The Hall–Kier alpha value is -1.14. The SMILES string of the molecule is CC(NS(=O)(=O)c1cccnc1N)C1CCCC1. The Labute approximate surface area is 108 Å². The maximum absolute atomic E-state index is 12.2. The summed E-state index contributed by atoms with van der Waals surface area (Å²) in [7, 11) is -3.57. The van der Waals surface area contributed by atoms with Crippen molar-refractivity contribution in [3.63, 3.8) is 0 Å². The Morgan fingerprint density at radius 3 is 2.72 bits per heavy atom. The minimum Gasteiger partial charge on any atom is -0.383 e. The molecule has 1 aromatic rings. The number of rotatable bonds is 4. The highest BCUT2D eigenvalue weighted by Gasteiger charge is 2.27. The van der Waals surface area contributed by atoms with Crippen LogP contribution in [0.4, 0.5) is 5.82 Å². The number of aromatic nitrogens is 1. The third-order valence-corrected chi connectivity index (χ3v) is 5.14. The van der Waals surface area contributed by atoms with Gasteiger partial charge in [-0.2, -0.15) is 0 Å². The number of hydrogen-bond donors (Lipinski definition) is 2. The lowest BCUT2D eigenvalue weighted by Crippen LogP contribution is -2.37. The summed E-state index contributed by atoms with van der Waals surface area (Å²) in [6.45, 7) is 1.92. The number of nitrogens with one attached hydrogen (secondary N) is 1. The van der Waals surface area contributed by atoms with E-state index in [2.05, 4.69) is 9.71 Å². The van der Waals surface area contributed by atoms with Gasteiger partial charge in [-0.3, -0.25) is 0 Å². The lowest BCUT2D eigenvalue weighted by atomic mass is 10.0. The van der Waals surface area contributed by atoms with E-state index in [1.54, 1.807) is 6.07 Å². The highest BCUT2D eigenvalue weighted by atomic mass is 32.2. The molecule has 0 radical (unpaired) electrons. The lowest BCUT2D eigenvalue weighted by Gasteiger charge is -2.20. The quantitative estimate of drug-likeness (QED) is 0.868. The molecule has 1 atom stereocenters. The number of nitrogens with two attached hydrogens (primary N) is 1. The zero-order valence-corrected chi connectivity index (χ0v) is 11.3. The molecule has 1 aliphatic carbocycles. The average Bonchev–Trinajstić information content (AvgIpc) is 2.82. The molecule has 2 rings (SSSR count). The first kappa shape index (κ1) is 13.3. The van der Waals surface area contributed by atoms with Gasteiger partial charge in [-0.25, -0.2) is 18.1 Å². The summed E-state index contributed by atoms with van der Waals surface area (Å²) in [5.74, 6) is 0.473. The van der Waals surface area contributed by atoms with Gasteiger partial charge in [0.1, 0.15) is 10.7 Å². The smallest absolute Gasteiger partial charge is 0.244 e. The van der Waals surface area contributed by atoms with Gasteiger partial charge in [0.2, 0.25) is 10.0 Å². The molecular formula is C12H19N3O2S. The van der Waals surface area contributed by atoms with Crippen LogP contribution in [0.3, 0.4) is 0 Å². The summed E-state index contributed by atoms with van der Waals surface area (Å²) in [6, 6.07) is 2.99. The molecule has 1 heterocycles. The second-order valence-electron chi connectivity index (χ2n) is 4.84. The lowest BCUT2D eigenvalue weighted by molar-refractivity contribution is 0.424. The van der Waals surface area contributed by atoms with Crippen LogP contribution in [0.25, 0.3) is 0 Å². The summed E-state index contributed by atoms with van der Waals surface area (Å²) in [4.78, 5) is 3.87. The number of nitrogens with zero attached hydrogens (tertiary/aromatic N) is 1. The zero-order valence-electron chi connectivity index (χ0n) is 10.5. The zero-order chi connectivity index (χ0) is 13.2. The normalized spacial score (nSPS) is 18.9. The van der Waals surface area contributed by atoms with Gasteiger partial charge in [0.15, 0.2) is 0 Å². The molecule has 0 spiro atoms. The molecule has 0 saturated heterocycles. The summed E-state index contributed by atoms with van der Waals surface area (Å²) < 4.78 is 27.1. The summed E-state index contributed by atoms with van der Waals surface area (Å²) in [5.41, 5.74) is 5.61. The van der Waals surface area contributed by atoms with Gasteiger partial charge in [0.25, 0.3) is 0 Å². The van der Waals surface area contributed by atoms with E-state index in [-0.39, 0.29) is 16.8 Å². The summed E-state index contributed by atoms with van der Waals surface area (Å²) >= 11 is 0. The van der Waals surface area contributed by atoms with Crippen LogP contribution in [-0.4, -0.2) is 19.4 Å². The fourth-order valence-corrected chi connectivity index (χ4v) is 3.89. The van der Waals surface area contributed by atoms with Crippen molar-refractivity contribution in [2.45, 2.75) is 43.5 Å². The van der Waals surface area contributed by atoms with Gasteiger partial charge in [-0.1, -0.05) is 12.8 Å². The first-order valence-electron chi connectivity index (χ1n) is 6.23. The molecule has 6 heteroatoms.